The van der Waals surface area contributed by atoms with E-state index < -0.39 is 0 Å². The molecule has 3 heteroatoms. The van der Waals surface area contributed by atoms with Gasteiger partial charge < -0.3 is 4.74 Å². The fourth-order valence-electron chi connectivity index (χ4n) is 1.47. The van der Waals surface area contributed by atoms with E-state index in [1.807, 2.05) is 23.9 Å². The highest BCUT2D eigenvalue weighted by Crippen LogP contribution is 2.29. The lowest BCUT2D eigenvalue weighted by Crippen LogP contribution is -1.87. The summed E-state index contributed by atoms with van der Waals surface area (Å²) in [5.41, 5.74) is 0. The van der Waals surface area contributed by atoms with Crippen molar-refractivity contribution in [2.24, 2.45) is 0 Å². The predicted octanol–water partition coefficient (Wildman–Crippen LogP) is 4.59. The minimum absolute atomic E-state index is 0.791. The van der Waals surface area contributed by atoms with E-state index in [0.29, 0.717) is 0 Å². The van der Waals surface area contributed by atoms with Crippen molar-refractivity contribution in [1.29, 1.82) is 0 Å². The maximum atomic E-state index is 5.63. The number of para-hydroxylation sites is 1. The number of rotatable bonds is 8. The summed E-state index contributed by atoms with van der Waals surface area (Å²) in [5.74, 6) is 2.93. The zero-order valence-electron chi connectivity index (χ0n) is 9.75. The van der Waals surface area contributed by atoms with Gasteiger partial charge in [0.2, 0.25) is 0 Å². The maximum Gasteiger partial charge on any atom is 0.132 e. The normalized spacial score (nSPS) is 10.4. The molecule has 0 fully saturated rings. The Bertz CT molecular complexity index is 291. The minimum Gasteiger partial charge on any atom is -0.496 e. The van der Waals surface area contributed by atoms with E-state index in [4.69, 9.17) is 16.3 Å². The molecule has 0 radical (unpaired) electrons. The molecule has 0 aliphatic carbocycles. The van der Waals surface area contributed by atoms with Gasteiger partial charge in [-0.1, -0.05) is 25.0 Å². The van der Waals surface area contributed by atoms with Crippen LogP contribution in [0.25, 0.3) is 0 Å². The number of thioether (sulfide) groups is 1. The van der Waals surface area contributed by atoms with Crippen LogP contribution in [0.1, 0.15) is 25.7 Å². The van der Waals surface area contributed by atoms with Gasteiger partial charge in [-0.2, -0.15) is 0 Å². The van der Waals surface area contributed by atoms with Crippen molar-refractivity contribution in [2.75, 3.05) is 18.7 Å². The first-order valence-corrected chi connectivity index (χ1v) is 7.22. The number of unbranched alkanes of at least 4 members (excludes halogenated alkanes) is 3. The molecule has 1 aromatic carbocycles. The van der Waals surface area contributed by atoms with Crippen molar-refractivity contribution in [3.63, 3.8) is 0 Å². The van der Waals surface area contributed by atoms with Gasteiger partial charge in [0.1, 0.15) is 5.75 Å². The van der Waals surface area contributed by atoms with Crippen molar-refractivity contribution >= 4 is 23.4 Å². The minimum atomic E-state index is 0.791. The van der Waals surface area contributed by atoms with Crippen molar-refractivity contribution in [2.45, 2.75) is 30.6 Å². The third-order valence-electron chi connectivity index (χ3n) is 2.35. The molecular weight excluding hydrogens is 240 g/mol. The third-order valence-corrected chi connectivity index (χ3v) is 3.76. The van der Waals surface area contributed by atoms with Crippen LogP contribution in [0.15, 0.2) is 29.2 Å². The molecule has 0 amide bonds. The number of ether oxygens (including phenoxy) is 1. The van der Waals surface area contributed by atoms with E-state index in [0.717, 1.165) is 23.8 Å². The summed E-state index contributed by atoms with van der Waals surface area (Å²) in [6.07, 6.45) is 4.91. The molecule has 0 N–H and O–H groups in total. The lowest BCUT2D eigenvalue weighted by molar-refractivity contribution is 0.405. The quantitative estimate of drug-likeness (QED) is 0.383. The van der Waals surface area contributed by atoms with Gasteiger partial charge >= 0.3 is 0 Å². The first kappa shape index (κ1) is 13.7. The third kappa shape index (κ3) is 5.13. The van der Waals surface area contributed by atoms with Crippen LogP contribution in [0, 0.1) is 0 Å². The molecular formula is C13H19ClOS. The average Bonchev–Trinajstić information content (AvgIpc) is 2.34. The molecule has 1 nitrogen and oxygen atoms in total. The number of halogens is 1. The second-order valence-electron chi connectivity index (χ2n) is 3.60. The van der Waals surface area contributed by atoms with E-state index in [-0.39, 0.29) is 0 Å². The van der Waals surface area contributed by atoms with Gasteiger partial charge in [-0.15, -0.1) is 23.4 Å². The number of methoxy groups -OCH3 is 1. The van der Waals surface area contributed by atoms with E-state index in [2.05, 4.69) is 12.1 Å². The Morgan fingerprint density at radius 2 is 1.88 bits per heavy atom. The van der Waals surface area contributed by atoms with Crippen LogP contribution in [-0.2, 0) is 0 Å². The van der Waals surface area contributed by atoms with Gasteiger partial charge in [0.25, 0.3) is 0 Å². The highest BCUT2D eigenvalue weighted by molar-refractivity contribution is 7.99. The van der Waals surface area contributed by atoms with E-state index in [1.165, 1.54) is 24.2 Å². The summed E-state index contributed by atoms with van der Waals surface area (Å²) in [5, 5.41) is 0. The summed E-state index contributed by atoms with van der Waals surface area (Å²) in [4.78, 5) is 1.24. The SMILES string of the molecule is COc1ccccc1SCCCCCCCl. The lowest BCUT2D eigenvalue weighted by Gasteiger charge is -2.07. The molecule has 0 aliphatic rings. The molecule has 0 atom stereocenters. The van der Waals surface area contributed by atoms with Crippen molar-refractivity contribution in [1.82, 2.24) is 0 Å². The predicted molar refractivity (Wildman–Crippen MR) is 72.9 cm³/mol. The summed E-state index contributed by atoms with van der Waals surface area (Å²) in [7, 11) is 1.72. The lowest BCUT2D eigenvalue weighted by atomic mass is 10.2. The van der Waals surface area contributed by atoms with Gasteiger partial charge in [0.15, 0.2) is 0 Å². The van der Waals surface area contributed by atoms with Gasteiger partial charge in [-0.3, -0.25) is 0 Å². The Morgan fingerprint density at radius 3 is 2.62 bits per heavy atom. The van der Waals surface area contributed by atoms with E-state index in [9.17, 15) is 0 Å². The largest absolute Gasteiger partial charge is 0.496 e. The second kappa shape index (κ2) is 8.77. The monoisotopic (exact) mass is 258 g/mol. The molecule has 0 saturated carbocycles. The molecule has 0 unspecified atom stereocenters. The topological polar surface area (TPSA) is 9.23 Å². The molecule has 0 bridgehead atoms. The van der Waals surface area contributed by atoms with Crippen LogP contribution in [0.2, 0.25) is 0 Å². The Labute approximate surface area is 108 Å². The summed E-state index contributed by atoms with van der Waals surface area (Å²) in [6.45, 7) is 0. The highest BCUT2D eigenvalue weighted by Gasteiger charge is 2.01. The summed E-state index contributed by atoms with van der Waals surface area (Å²) >= 11 is 7.50. The molecule has 0 aromatic heterocycles. The smallest absolute Gasteiger partial charge is 0.132 e. The van der Waals surface area contributed by atoms with Gasteiger partial charge in [-0.25, -0.2) is 0 Å². The van der Waals surface area contributed by atoms with Gasteiger partial charge in [-0.05, 0) is 30.7 Å². The first-order chi connectivity index (χ1) is 7.88. The van der Waals surface area contributed by atoms with E-state index >= 15 is 0 Å². The number of hydrogen-bond acceptors (Lipinski definition) is 2. The molecule has 0 spiro atoms. The molecule has 0 saturated heterocycles. The average molecular weight is 259 g/mol. The summed E-state index contributed by atoms with van der Waals surface area (Å²) < 4.78 is 5.30. The summed E-state index contributed by atoms with van der Waals surface area (Å²) in [6, 6.07) is 8.18. The molecule has 16 heavy (non-hydrogen) atoms. The number of alkyl halides is 1. The molecule has 0 heterocycles. The standard InChI is InChI=1S/C13H19ClOS/c1-15-12-8-4-5-9-13(12)16-11-7-3-2-6-10-14/h4-5,8-9H,2-3,6-7,10-11H2,1H3. The maximum absolute atomic E-state index is 5.63. The molecule has 1 rings (SSSR count). The van der Waals surface area contributed by atoms with Crippen LogP contribution in [-0.4, -0.2) is 18.7 Å². The van der Waals surface area contributed by atoms with Crippen LogP contribution in [0.4, 0.5) is 0 Å². The Hall–Kier alpha value is -0.340. The molecule has 1 aromatic rings. The Kier molecular flexibility index (Phi) is 7.52. The van der Waals surface area contributed by atoms with Crippen LogP contribution in [0.3, 0.4) is 0 Å². The fraction of sp³-hybridized carbons (Fsp3) is 0.538. The van der Waals surface area contributed by atoms with Crippen molar-refractivity contribution < 1.29 is 4.74 Å². The fourth-order valence-corrected chi connectivity index (χ4v) is 2.70. The number of benzene rings is 1. The van der Waals surface area contributed by atoms with Crippen molar-refractivity contribution in [3.8, 4) is 5.75 Å². The van der Waals surface area contributed by atoms with Gasteiger partial charge in [0.05, 0.1) is 7.11 Å². The Morgan fingerprint density at radius 1 is 1.12 bits per heavy atom. The van der Waals surface area contributed by atoms with Crippen LogP contribution >= 0.6 is 23.4 Å². The van der Waals surface area contributed by atoms with Crippen LogP contribution < -0.4 is 4.74 Å². The van der Waals surface area contributed by atoms with Gasteiger partial charge in [0, 0.05) is 10.8 Å². The zero-order chi connectivity index (χ0) is 11.6. The Balaban J connectivity index is 2.21. The zero-order valence-corrected chi connectivity index (χ0v) is 11.3. The molecule has 90 valence electrons. The van der Waals surface area contributed by atoms with E-state index in [1.54, 1.807) is 7.11 Å². The first-order valence-electron chi connectivity index (χ1n) is 5.70. The highest BCUT2D eigenvalue weighted by atomic mass is 35.5. The molecule has 0 aliphatic heterocycles. The van der Waals surface area contributed by atoms with Crippen molar-refractivity contribution in [3.05, 3.63) is 24.3 Å². The second-order valence-corrected chi connectivity index (χ2v) is 5.12. The van der Waals surface area contributed by atoms with Crippen LogP contribution in [0.5, 0.6) is 5.75 Å². The number of hydrogen-bond donors (Lipinski definition) is 0.